The Kier molecular flexibility index (Phi) is 3.94. The molecule has 0 bridgehead atoms. The zero-order valence-electron chi connectivity index (χ0n) is 6.57. The maximum Gasteiger partial charge on any atom is 0 e. The topological polar surface area (TPSA) is 0 Å². The molecule has 0 aromatic heterocycles. The molecular formula is C8H20. The van der Waals surface area contributed by atoms with Crippen molar-refractivity contribution in [3.63, 3.8) is 0 Å². The van der Waals surface area contributed by atoms with Gasteiger partial charge in [0.05, 0.1) is 0 Å². The van der Waals surface area contributed by atoms with Crippen molar-refractivity contribution < 1.29 is 1.43 Å². The van der Waals surface area contributed by atoms with Crippen LogP contribution in [0.2, 0.25) is 0 Å². The van der Waals surface area contributed by atoms with E-state index in [1.165, 1.54) is 12.8 Å². The van der Waals surface area contributed by atoms with Crippen LogP contribution in [0, 0.1) is 11.8 Å². The normalized spacial score (nSPS) is 11.2. The first-order valence-electron chi connectivity index (χ1n) is 3.63. The molecule has 0 saturated carbocycles. The van der Waals surface area contributed by atoms with E-state index >= 15 is 0 Å². The highest BCUT2D eigenvalue weighted by Gasteiger charge is 1.95. The van der Waals surface area contributed by atoms with Gasteiger partial charge in [-0.25, -0.2) is 0 Å². The molecule has 0 N–H and O–H groups in total. The molecule has 0 rings (SSSR count). The summed E-state index contributed by atoms with van der Waals surface area (Å²) in [6, 6.07) is 0. The van der Waals surface area contributed by atoms with Crippen LogP contribution in [0.5, 0.6) is 0 Å². The van der Waals surface area contributed by atoms with E-state index < -0.39 is 0 Å². The molecule has 0 nitrogen and oxygen atoms in total. The first-order chi connectivity index (χ1) is 3.63. The lowest BCUT2D eigenvalue weighted by molar-refractivity contribution is 0.476. The van der Waals surface area contributed by atoms with Crippen molar-refractivity contribution in [2.75, 3.05) is 0 Å². The van der Waals surface area contributed by atoms with Crippen molar-refractivity contribution in [1.82, 2.24) is 0 Å². The minimum absolute atomic E-state index is 0. The first kappa shape index (κ1) is 8.00. The van der Waals surface area contributed by atoms with Crippen molar-refractivity contribution in [3.05, 3.63) is 0 Å². The van der Waals surface area contributed by atoms with E-state index in [0.29, 0.717) is 0 Å². The summed E-state index contributed by atoms with van der Waals surface area (Å²) in [5.41, 5.74) is 0. The van der Waals surface area contributed by atoms with Crippen molar-refractivity contribution in [3.8, 4) is 0 Å². The minimum Gasteiger partial charge on any atom is -0.0628 e. The lowest BCUT2D eigenvalue weighted by atomic mass is 10.0. The van der Waals surface area contributed by atoms with Crippen LogP contribution in [0.3, 0.4) is 0 Å². The van der Waals surface area contributed by atoms with E-state index in [1.54, 1.807) is 0 Å². The second-order valence-electron chi connectivity index (χ2n) is 3.37. The molecule has 0 amide bonds. The highest BCUT2D eigenvalue weighted by molar-refractivity contribution is 4.48. The fraction of sp³-hybridized carbons (Fsp3) is 1.00. The SMILES string of the molecule is CC(C)CCC(C)C.[HH]. The number of rotatable bonds is 3. The van der Waals surface area contributed by atoms with Gasteiger partial charge in [-0.1, -0.05) is 40.5 Å². The maximum atomic E-state index is 2.28. The van der Waals surface area contributed by atoms with Crippen LogP contribution in [0.4, 0.5) is 0 Å². The summed E-state index contributed by atoms with van der Waals surface area (Å²) in [4.78, 5) is 0. The zero-order valence-corrected chi connectivity index (χ0v) is 6.57. The second-order valence-corrected chi connectivity index (χ2v) is 3.37. The molecule has 0 aliphatic carbocycles. The molecule has 0 heteroatoms. The molecule has 8 heavy (non-hydrogen) atoms. The lowest BCUT2D eigenvalue weighted by Gasteiger charge is -2.05. The third kappa shape index (κ3) is 6.00. The summed E-state index contributed by atoms with van der Waals surface area (Å²) < 4.78 is 0. The summed E-state index contributed by atoms with van der Waals surface area (Å²) in [6.07, 6.45) is 2.77. The van der Waals surface area contributed by atoms with E-state index in [0.717, 1.165) is 11.8 Å². The quantitative estimate of drug-likeness (QED) is 0.530. The van der Waals surface area contributed by atoms with Crippen LogP contribution in [0.25, 0.3) is 0 Å². The molecule has 0 heterocycles. The standard InChI is InChI=1S/C8H18.H2/c1-7(2)5-6-8(3)4;/h7-8H,5-6H2,1-4H3;1H. The van der Waals surface area contributed by atoms with Crippen molar-refractivity contribution >= 4 is 0 Å². The monoisotopic (exact) mass is 116 g/mol. The van der Waals surface area contributed by atoms with Gasteiger partial charge < -0.3 is 0 Å². The smallest absolute Gasteiger partial charge is 0 e. The van der Waals surface area contributed by atoms with Gasteiger partial charge in [0, 0.05) is 1.43 Å². The van der Waals surface area contributed by atoms with Crippen LogP contribution >= 0.6 is 0 Å². The zero-order chi connectivity index (χ0) is 6.57. The van der Waals surface area contributed by atoms with Crippen molar-refractivity contribution in [2.45, 2.75) is 40.5 Å². The first-order valence-corrected chi connectivity index (χ1v) is 3.63. The van der Waals surface area contributed by atoms with E-state index in [2.05, 4.69) is 27.7 Å². The van der Waals surface area contributed by atoms with Gasteiger partial charge >= 0.3 is 0 Å². The largest absolute Gasteiger partial charge is 0.0628 e. The third-order valence-electron chi connectivity index (χ3n) is 1.32. The number of hydrogen-bond acceptors (Lipinski definition) is 0. The molecule has 0 fully saturated rings. The van der Waals surface area contributed by atoms with Gasteiger partial charge in [-0.3, -0.25) is 0 Å². The maximum absolute atomic E-state index is 2.28. The molecule has 52 valence electrons. The molecule has 0 aromatic carbocycles. The summed E-state index contributed by atoms with van der Waals surface area (Å²) in [5.74, 6) is 1.77. The van der Waals surface area contributed by atoms with Crippen molar-refractivity contribution in [1.29, 1.82) is 0 Å². The van der Waals surface area contributed by atoms with Gasteiger partial charge in [-0.2, -0.15) is 0 Å². The van der Waals surface area contributed by atoms with Crippen LogP contribution < -0.4 is 0 Å². The Morgan fingerprint density at radius 2 is 1.12 bits per heavy atom. The Balaban J connectivity index is 0. The highest BCUT2D eigenvalue weighted by atomic mass is 14.0. The average Bonchev–Trinajstić information content (AvgIpc) is 1.61. The summed E-state index contributed by atoms with van der Waals surface area (Å²) in [6.45, 7) is 9.12. The fourth-order valence-corrected chi connectivity index (χ4v) is 0.667. The van der Waals surface area contributed by atoms with Gasteiger partial charge in [0.2, 0.25) is 0 Å². The third-order valence-corrected chi connectivity index (χ3v) is 1.32. The summed E-state index contributed by atoms with van der Waals surface area (Å²) >= 11 is 0. The minimum atomic E-state index is 0. The second kappa shape index (κ2) is 3.94. The fourth-order valence-electron chi connectivity index (χ4n) is 0.667. The van der Waals surface area contributed by atoms with Gasteiger partial charge in [-0.05, 0) is 11.8 Å². The van der Waals surface area contributed by atoms with Crippen molar-refractivity contribution in [2.24, 2.45) is 11.8 Å². The molecule has 0 aliphatic rings. The van der Waals surface area contributed by atoms with E-state index in [1.807, 2.05) is 0 Å². The Labute approximate surface area is 54.8 Å². The molecule has 0 aromatic rings. The predicted octanol–water partition coefficient (Wildman–Crippen LogP) is 3.32. The van der Waals surface area contributed by atoms with Crippen LogP contribution in [-0.4, -0.2) is 0 Å². The molecule has 0 saturated heterocycles. The van der Waals surface area contributed by atoms with Gasteiger partial charge in [0.15, 0.2) is 0 Å². The Hall–Kier alpha value is 0. The Morgan fingerprint density at radius 3 is 1.25 bits per heavy atom. The molecule has 0 spiro atoms. The molecule has 0 unspecified atom stereocenters. The Morgan fingerprint density at radius 1 is 0.875 bits per heavy atom. The molecule has 0 radical (unpaired) electrons. The van der Waals surface area contributed by atoms with Crippen LogP contribution in [-0.2, 0) is 0 Å². The van der Waals surface area contributed by atoms with Gasteiger partial charge in [-0.15, -0.1) is 0 Å². The van der Waals surface area contributed by atoms with E-state index in [4.69, 9.17) is 0 Å². The average molecular weight is 116 g/mol. The summed E-state index contributed by atoms with van der Waals surface area (Å²) in [5, 5.41) is 0. The Bertz CT molecular complexity index is 40.5. The molecule has 0 aliphatic heterocycles. The lowest BCUT2D eigenvalue weighted by Crippen LogP contribution is -1.91. The van der Waals surface area contributed by atoms with Gasteiger partial charge in [0.25, 0.3) is 0 Å². The van der Waals surface area contributed by atoms with E-state index in [9.17, 15) is 0 Å². The van der Waals surface area contributed by atoms with Crippen LogP contribution in [0.15, 0.2) is 0 Å². The summed E-state index contributed by atoms with van der Waals surface area (Å²) in [7, 11) is 0. The predicted molar refractivity (Wildman–Crippen MR) is 41.0 cm³/mol. The van der Waals surface area contributed by atoms with E-state index in [-0.39, 0.29) is 1.43 Å². The number of hydrogen-bond donors (Lipinski definition) is 0. The van der Waals surface area contributed by atoms with Crippen LogP contribution in [0.1, 0.15) is 42.0 Å². The molecule has 0 atom stereocenters. The highest BCUT2D eigenvalue weighted by Crippen LogP contribution is 2.09. The van der Waals surface area contributed by atoms with Gasteiger partial charge in [0.1, 0.15) is 0 Å². The molecular weight excluding hydrogens is 96.1 g/mol.